The number of nitrogens with one attached hydrogen (secondary N) is 1. The molecule has 0 fully saturated rings. The van der Waals surface area contributed by atoms with E-state index in [0.29, 0.717) is 12.8 Å². The maximum Gasteiger partial charge on any atom is 0.249 e. The second kappa shape index (κ2) is 42.2. The fourth-order valence-corrected chi connectivity index (χ4v) is 7.46. The fourth-order valence-electron chi connectivity index (χ4n) is 7.46. The minimum Gasteiger partial charge on any atom is -0.394 e. The van der Waals surface area contributed by atoms with Gasteiger partial charge in [0.2, 0.25) is 5.91 Å². The standard InChI is InChI=1S/C47H93NO5/c1-3-5-7-9-11-13-15-17-18-19-20-21-22-23-24-25-26-27-28-29-31-33-35-37-39-41-45(51)47(53)48-43(42-49)46(52)44(50)40-38-36-34-32-30-16-14-12-10-8-6-4-2/h23-24,43-46,49-52H,3-22,25-42H2,1-2H3,(H,48,53)/b24-23-. The van der Waals surface area contributed by atoms with Crippen LogP contribution in [0.25, 0.3) is 0 Å². The number of amides is 1. The molecule has 0 heterocycles. The van der Waals surface area contributed by atoms with E-state index in [4.69, 9.17) is 0 Å². The molecule has 0 saturated heterocycles. The van der Waals surface area contributed by atoms with Gasteiger partial charge in [0.05, 0.1) is 18.8 Å². The maximum absolute atomic E-state index is 12.5. The zero-order chi connectivity index (χ0) is 38.9. The highest BCUT2D eigenvalue weighted by Gasteiger charge is 2.28. The summed E-state index contributed by atoms with van der Waals surface area (Å²) in [5.74, 6) is -0.583. The molecular weight excluding hydrogens is 659 g/mol. The van der Waals surface area contributed by atoms with Crippen molar-refractivity contribution in [3.05, 3.63) is 12.2 Å². The van der Waals surface area contributed by atoms with E-state index in [1.165, 1.54) is 186 Å². The Balaban J connectivity index is 3.64. The maximum atomic E-state index is 12.5. The van der Waals surface area contributed by atoms with Crippen molar-refractivity contribution in [1.29, 1.82) is 0 Å². The van der Waals surface area contributed by atoms with E-state index in [-0.39, 0.29) is 0 Å². The Morgan fingerprint density at radius 3 is 1.09 bits per heavy atom. The average Bonchev–Trinajstić information content (AvgIpc) is 3.16. The molecule has 316 valence electrons. The molecule has 0 aliphatic heterocycles. The fraction of sp³-hybridized carbons (Fsp3) is 0.936. The average molecular weight is 752 g/mol. The van der Waals surface area contributed by atoms with Crippen molar-refractivity contribution in [3.63, 3.8) is 0 Å². The van der Waals surface area contributed by atoms with Gasteiger partial charge in [0.25, 0.3) is 0 Å². The lowest BCUT2D eigenvalue weighted by Crippen LogP contribution is -2.53. The third-order valence-electron chi connectivity index (χ3n) is 11.2. The summed E-state index contributed by atoms with van der Waals surface area (Å²) >= 11 is 0. The van der Waals surface area contributed by atoms with E-state index < -0.39 is 36.9 Å². The Hall–Kier alpha value is -0.950. The van der Waals surface area contributed by atoms with Crippen LogP contribution < -0.4 is 5.32 Å². The first-order valence-electron chi connectivity index (χ1n) is 23.6. The summed E-state index contributed by atoms with van der Waals surface area (Å²) < 4.78 is 0. The van der Waals surface area contributed by atoms with Crippen LogP contribution in [0.15, 0.2) is 12.2 Å². The molecule has 0 radical (unpaired) electrons. The highest BCUT2D eigenvalue weighted by molar-refractivity contribution is 5.80. The molecule has 6 nitrogen and oxygen atoms in total. The van der Waals surface area contributed by atoms with Gasteiger partial charge >= 0.3 is 0 Å². The van der Waals surface area contributed by atoms with Crippen LogP contribution in [0.5, 0.6) is 0 Å². The van der Waals surface area contributed by atoms with E-state index in [2.05, 4.69) is 31.3 Å². The number of aliphatic hydroxyl groups is 4. The molecule has 0 bridgehead atoms. The second-order valence-electron chi connectivity index (χ2n) is 16.5. The summed E-state index contributed by atoms with van der Waals surface area (Å²) in [5, 5.41) is 43.7. The Morgan fingerprint density at radius 2 is 0.755 bits per heavy atom. The van der Waals surface area contributed by atoms with Gasteiger partial charge in [-0.1, -0.05) is 225 Å². The summed E-state index contributed by atoms with van der Waals surface area (Å²) in [6.45, 7) is 4.05. The molecule has 0 aromatic carbocycles. The van der Waals surface area contributed by atoms with Gasteiger partial charge in [0, 0.05) is 0 Å². The van der Waals surface area contributed by atoms with Crippen molar-refractivity contribution in [2.75, 3.05) is 6.61 Å². The molecule has 0 aromatic rings. The third-order valence-corrected chi connectivity index (χ3v) is 11.2. The smallest absolute Gasteiger partial charge is 0.249 e. The lowest BCUT2D eigenvalue weighted by atomic mass is 9.99. The number of carbonyl (C=O) groups is 1. The van der Waals surface area contributed by atoms with Crippen molar-refractivity contribution < 1.29 is 25.2 Å². The highest BCUT2D eigenvalue weighted by atomic mass is 16.3. The Morgan fingerprint density at radius 1 is 0.453 bits per heavy atom. The van der Waals surface area contributed by atoms with E-state index in [1.807, 2.05) is 0 Å². The van der Waals surface area contributed by atoms with Crippen LogP contribution in [-0.4, -0.2) is 57.3 Å². The summed E-state index contributed by atoms with van der Waals surface area (Å²) in [5.41, 5.74) is 0. The number of carbonyl (C=O) groups excluding carboxylic acids is 1. The lowest BCUT2D eigenvalue weighted by molar-refractivity contribution is -0.132. The van der Waals surface area contributed by atoms with Crippen molar-refractivity contribution in [2.45, 2.75) is 276 Å². The summed E-state index contributed by atoms with van der Waals surface area (Å²) in [6, 6.07) is -0.982. The van der Waals surface area contributed by atoms with Gasteiger partial charge in [-0.2, -0.15) is 0 Å². The first kappa shape index (κ1) is 52.0. The molecule has 0 aromatic heterocycles. The summed E-state index contributed by atoms with van der Waals surface area (Å²) in [7, 11) is 0. The number of allylic oxidation sites excluding steroid dienone is 2. The predicted molar refractivity (Wildman–Crippen MR) is 228 cm³/mol. The number of unbranched alkanes of at least 4 members (excludes halogenated alkanes) is 32. The van der Waals surface area contributed by atoms with Gasteiger partial charge in [-0.15, -0.1) is 0 Å². The normalized spacial score (nSPS) is 14.2. The van der Waals surface area contributed by atoms with E-state index >= 15 is 0 Å². The molecule has 1 amide bonds. The van der Waals surface area contributed by atoms with Crippen LogP contribution in [0, 0.1) is 0 Å². The molecule has 4 unspecified atom stereocenters. The summed E-state index contributed by atoms with van der Waals surface area (Å²) in [4.78, 5) is 12.5. The van der Waals surface area contributed by atoms with Crippen molar-refractivity contribution >= 4 is 5.91 Å². The summed E-state index contributed by atoms with van der Waals surface area (Å²) in [6.07, 6.45) is 46.8. The second-order valence-corrected chi connectivity index (χ2v) is 16.5. The van der Waals surface area contributed by atoms with Crippen molar-refractivity contribution in [1.82, 2.24) is 5.32 Å². The zero-order valence-corrected chi connectivity index (χ0v) is 35.5. The van der Waals surface area contributed by atoms with E-state index in [9.17, 15) is 25.2 Å². The minimum absolute atomic E-state index is 0.369. The topological polar surface area (TPSA) is 110 Å². The lowest BCUT2D eigenvalue weighted by Gasteiger charge is -2.27. The number of rotatable bonds is 43. The molecule has 0 aliphatic carbocycles. The molecule has 6 heteroatoms. The van der Waals surface area contributed by atoms with Gasteiger partial charge < -0.3 is 25.7 Å². The SMILES string of the molecule is CCCCCCCCCCCCCC/C=C\CCCCCCCCCCCC(O)C(=O)NC(CO)C(O)C(O)CCCCCCCCCCCCCC. The van der Waals surface area contributed by atoms with E-state index in [0.717, 1.165) is 38.5 Å². The molecule has 0 aliphatic rings. The van der Waals surface area contributed by atoms with Crippen molar-refractivity contribution in [2.24, 2.45) is 0 Å². The molecular formula is C47H93NO5. The van der Waals surface area contributed by atoms with Crippen LogP contribution in [0.3, 0.4) is 0 Å². The minimum atomic E-state index is -1.26. The molecule has 0 rings (SSSR count). The Bertz CT molecular complexity index is 761. The van der Waals surface area contributed by atoms with Crippen LogP contribution >= 0.6 is 0 Å². The molecule has 0 spiro atoms. The Labute approximate surface area is 330 Å². The highest BCUT2D eigenvalue weighted by Crippen LogP contribution is 2.17. The van der Waals surface area contributed by atoms with Gasteiger partial charge in [-0.05, 0) is 38.5 Å². The monoisotopic (exact) mass is 752 g/mol. The number of hydrogen-bond acceptors (Lipinski definition) is 5. The molecule has 5 N–H and O–H groups in total. The quantitative estimate of drug-likeness (QED) is 0.0315. The number of hydrogen-bond donors (Lipinski definition) is 5. The van der Waals surface area contributed by atoms with Crippen LogP contribution in [0.4, 0.5) is 0 Å². The van der Waals surface area contributed by atoms with Gasteiger partial charge in [0.1, 0.15) is 12.2 Å². The van der Waals surface area contributed by atoms with E-state index in [1.54, 1.807) is 0 Å². The first-order chi connectivity index (χ1) is 26.0. The van der Waals surface area contributed by atoms with Gasteiger partial charge in [-0.25, -0.2) is 0 Å². The van der Waals surface area contributed by atoms with Gasteiger partial charge in [0.15, 0.2) is 0 Å². The van der Waals surface area contributed by atoms with Gasteiger partial charge in [-0.3, -0.25) is 4.79 Å². The third kappa shape index (κ3) is 36.4. The molecule has 4 atom stereocenters. The first-order valence-corrected chi connectivity index (χ1v) is 23.6. The Kier molecular flexibility index (Phi) is 41.4. The van der Waals surface area contributed by atoms with Crippen molar-refractivity contribution in [3.8, 4) is 0 Å². The largest absolute Gasteiger partial charge is 0.394 e. The zero-order valence-electron chi connectivity index (χ0n) is 35.5. The van der Waals surface area contributed by atoms with Crippen LogP contribution in [0.1, 0.15) is 251 Å². The number of aliphatic hydroxyl groups excluding tert-OH is 4. The molecule has 0 saturated carbocycles. The molecule has 53 heavy (non-hydrogen) atoms. The van der Waals surface area contributed by atoms with Crippen LogP contribution in [-0.2, 0) is 4.79 Å². The van der Waals surface area contributed by atoms with Crippen LogP contribution in [0.2, 0.25) is 0 Å². The predicted octanol–water partition coefficient (Wildman–Crippen LogP) is 12.6.